The lowest BCUT2D eigenvalue weighted by molar-refractivity contribution is -0.119. The van der Waals surface area contributed by atoms with Crippen molar-refractivity contribution in [2.24, 2.45) is 0 Å². The lowest BCUT2D eigenvalue weighted by Gasteiger charge is -2.26. The van der Waals surface area contributed by atoms with Crippen LogP contribution in [-0.2, 0) is 4.79 Å². The summed E-state index contributed by atoms with van der Waals surface area (Å²) in [6, 6.07) is 6.33. The van der Waals surface area contributed by atoms with Gasteiger partial charge in [-0.3, -0.25) is 4.79 Å². The van der Waals surface area contributed by atoms with Gasteiger partial charge in [0.2, 0.25) is 0 Å². The topological polar surface area (TPSA) is 20.3 Å². The molecule has 1 aromatic carbocycles. The number of ketones is 1. The molecule has 0 radical (unpaired) electrons. The highest BCUT2D eigenvalue weighted by Gasteiger charge is 2.16. The minimum Gasteiger partial charge on any atom is -0.365 e. The number of nitrogens with zero attached hydrogens (tertiary/aromatic N) is 1. The van der Waals surface area contributed by atoms with E-state index in [2.05, 4.69) is 32.0 Å². The molecule has 0 saturated heterocycles. The Morgan fingerprint density at radius 3 is 2.19 bits per heavy atom. The zero-order valence-electron chi connectivity index (χ0n) is 10.9. The molecule has 0 aliphatic rings. The van der Waals surface area contributed by atoms with Crippen LogP contribution in [0, 0.1) is 13.8 Å². The van der Waals surface area contributed by atoms with Crippen LogP contribution in [0.4, 0.5) is 5.69 Å². The Hall–Kier alpha value is -1.31. The van der Waals surface area contributed by atoms with Gasteiger partial charge in [0.15, 0.2) is 5.78 Å². The molecular formula is C14H21NO. The molecule has 2 heteroatoms. The number of hydrogen-bond acceptors (Lipinski definition) is 2. The number of Topliss-reactive ketones (excluding diaryl/α,β-unsaturated/α-hetero) is 1. The van der Waals surface area contributed by atoms with Crippen molar-refractivity contribution in [1.82, 2.24) is 0 Å². The standard InChI is InChI=1S/C14H21NO/c1-6-14(16)12(4)15(5)13-8-10(2)7-11(3)9-13/h7-9,12H,6H2,1-5H3. The number of hydrogen-bond donors (Lipinski definition) is 0. The maximum absolute atomic E-state index is 11.7. The third-order valence-electron chi connectivity index (χ3n) is 3.01. The summed E-state index contributed by atoms with van der Waals surface area (Å²) in [7, 11) is 1.98. The van der Waals surface area contributed by atoms with Gasteiger partial charge in [0, 0.05) is 19.2 Å². The van der Waals surface area contributed by atoms with E-state index in [4.69, 9.17) is 0 Å². The summed E-state index contributed by atoms with van der Waals surface area (Å²) in [6.07, 6.45) is 0.594. The predicted octanol–water partition coefficient (Wildman–Crippen LogP) is 3.11. The molecular weight excluding hydrogens is 198 g/mol. The lowest BCUT2D eigenvalue weighted by atomic mass is 10.1. The summed E-state index contributed by atoms with van der Waals surface area (Å²) in [5.74, 6) is 0.279. The van der Waals surface area contributed by atoms with Gasteiger partial charge in [0.25, 0.3) is 0 Å². The van der Waals surface area contributed by atoms with Gasteiger partial charge in [0.05, 0.1) is 6.04 Å². The van der Waals surface area contributed by atoms with Gasteiger partial charge < -0.3 is 4.90 Å². The highest BCUT2D eigenvalue weighted by Crippen LogP contribution is 2.20. The molecule has 2 nitrogen and oxygen atoms in total. The van der Waals surface area contributed by atoms with E-state index >= 15 is 0 Å². The van der Waals surface area contributed by atoms with Gasteiger partial charge in [0.1, 0.15) is 0 Å². The summed E-state index contributed by atoms with van der Waals surface area (Å²) >= 11 is 0. The van der Waals surface area contributed by atoms with E-state index in [9.17, 15) is 4.79 Å². The second-order valence-corrected chi connectivity index (χ2v) is 4.45. The summed E-state index contributed by atoms with van der Waals surface area (Å²) in [5, 5.41) is 0. The van der Waals surface area contributed by atoms with Crippen molar-refractivity contribution in [3.8, 4) is 0 Å². The monoisotopic (exact) mass is 219 g/mol. The van der Waals surface area contributed by atoms with E-state index in [0.29, 0.717) is 6.42 Å². The highest BCUT2D eigenvalue weighted by atomic mass is 16.1. The maximum Gasteiger partial charge on any atom is 0.154 e. The van der Waals surface area contributed by atoms with Crippen molar-refractivity contribution in [2.45, 2.75) is 40.2 Å². The normalized spacial score (nSPS) is 12.3. The molecule has 0 amide bonds. The van der Waals surface area contributed by atoms with E-state index < -0.39 is 0 Å². The molecule has 1 atom stereocenters. The van der Waals surface area contributed by atoms with E-state index in [-0.39, 0.29) is 11.8 Å². The first-order valence-corrected chi connectivity index (χ1v) is 5.79. The maximum atomic E-state index is 11.7. The molecule has 0 aliphatic carbocycles. The van der Waals surface area contributed by atoms with Crippen LogP contribution in [0.2, 0.25) is 0 Å². The lowest BCUT2D eigenvalue weighted by Crippen LogP contribution is -2.35. The Morgan fingerprint density at radius 2 is 1.75 bits per heavy atom. The molecule has 0 aromatic heterocycles. The molecule has 0 aliphatic heterocycles. The second kappa shape index (κ2) is 5.15. The van der Waals surface area contributed by atoms with E-state index in [1.54, 1.807) is 0 Å². The zero-order valence-corrected chi connectivity index (χ0v) is 10.9. The SMILES string of the molecule is CCC(=O)C(C)N(C)c1cc(C)cc(C)c1. The molecule has 1 aromatic rings. The molecule has 1 rings (SSSR count). The largest absolute Gasteiger partial charge is 0.365 e. The number of carbonyl (C=O) groups excluding carboxylic acids is 1. The fourth-order valence-corrected chi connectivity index (χ4v) is 1.89. The average Bonchev–Trinajstić information content (AvgIpc) is 2.24. The number of rotatable bonds is 4. The van der Waals surface area contributed by atoms with Gasteiger partial charge >= 0.3 is 0 Å². The third-order valence-corrected chi connectivity index (χ3v) is 3.01. The van der Waals surface area contributed by atoms with Crippen molar-refractivity contribution in [1.29, 1.82) is 0 Å². The Bertz CT molecular complexity index is 364. The number of anilines is 1. The van der Waals surface area contributed by atoms with Crippen LogP contribution in [-0.4, -0.2) is 18.9 Å². The van der Waals surface area contributed by atoms with Crippen LogP contribution in [0.25, 0.3) is 0 Å². The van der Waals surface area contributed by atoms with Crippen LogP contribution >= 0.6 is 0 Å². The molecule has 0 fully saturated rings. The van der Waals surface area contributed by atoms with E-state index in [1.165, 1.54) is 11.1 Å². The molecule has 0 saturated carbocycles. The number of benzene rings is 1. The van der Waals surface area contributed by atoms with Crippen LogP contribution in [0.5, 0.6) is 0 Å². The minimum atomic E-state index is -0.0498. The minimum absolute atomic E-state index is 0.0498. The number of likely N-dealkylation sites (N-methyl/N-ethyl adjacent to an activating group) is 1. The predicted molar refractivity (Wildman–Crippen MR) is 69.1 cm³/mol. The molecule has 16 heavy (non-hydrogen) atoms. The first kappa shape index (κ1) is 12.8. The van der Waals surface area contributed by atoms with Crippen molar-refractivity contribution < 1.29 is 4.79 Å². The van der Waals surface area contributed by atoms with Crippen LogP contribution < -0.4 is 4.90 Å². The Kier molecular flexibility index (Phi) is 4.11. The first-order valence-electron chi connectivity index (χ1n) is 5.79. The number of aryl methyl sites for hydroxylation is 2. The number of carbonyl (C=O) groups is 1. The Morgan fingerprint density at radius 1 is 1.25 bits per heavy atom. The van der Waals surface area contributed by atoms with Gasteiger partial charge in [-0.2, -0.15) is 0 Å². The highest BCUT2D eigenvalue weighted by molar-refractivity contribution is 5.86. The summed E-state index contributed by atoms with van der Waals surface area (Å²) in [6.45, 7) is 8.03. The molecule has 1 unspecified atom stereocenters. The summed E-state index contributed by atoms with van der Waals surface area (Å²) in [4.78, 5) is 13.7. The second-order valence-electron chi connectivity index (χ2n) is 4.45. The van der Waals surface area contributed by atoms with Gasteiger partial charge in [-0.05, 0) is 44.0 Å². The fourth-order valence-electron chi connectivity index (χ4n) is 1.89. The van der Waals surface area contributed by atoms with Gasteiger partial charge in [-0.25, -0.2) is 0 Å². The smallest absolute Gasteiger partial charge is 0.154 e. The molecule has 0 spiro atoms. The molecule has 0 bridgehead atoms. The summed E-state index contributed by atoms with van der Waals surface area (Å²) in [5.41, 5.74) is 3.59. The van der Waals surface area contributed by atoms with Crippen molar-refractivity contribution in [3.63, 3.8) is 0 Å². The van der Waals surface area contributed by atoms with E-state index in [0.717, 1.165) is 5.69 Å². The zero-order chi connectivity index (χ0) is 12.3. The van der Waals surface area contributed by atoms with Crippen LogP contribution in [0.15, 0.2) is 18.2 Å². The van der Waals surface area contributed by atoms with E-state index in [1.807, 2.05) is 25.8 Å². The fraction of sp³-hybridized carbons (Fsp3) is 0.500. The van der Waals surface area contributed by atoms with Crippen molar-refractivity contribution in [2.75, 3.05) is 11.9 Å². The quantitative estimate of drug-likeness (QED) is 0.775. The molecule has 0 N–H and O–H groups in total. The van der Waals surface area contributed by atoms with Crippen molar-refractivity contribution >= 4 is 11.5 Å². The molecule has 88 valence electrons. The average molecular weight is 219 g/mol. The van der Waals surface area contributed by atoms with Crippen LogP contribution in [0.1, 0.15) is 31.4 Å². The Balaban J connectivity index is 2.95. The van der Waals surface area contributed by atoms with Crippen molar-refractivity contribution in [3.05, 3.63) is 29.3 Å². The summed E-state index contributed by atoms with van der Waals surface area (Å²) < 4.78 is 0. The third kappa shape index (κ3) is 2.84. The van der Waals surface area contributed by atoms with Gasteiger partial charge in [-0.1, -0.05) is 13.0 Å². The Labute approximate surface area is 98.3 Å². The molecule has 0 heterocycles. The first-order chi connectivity index (χ1) is 7.45. The van der Waals surface area contributed by atoms with Crippen LogP contribution in [0.3, 0.4) is 0 Å². The van der Waals surface area contributed by atoms with Gasteiger partial charge in [-0.15, -0.1) is 0 Å².